The zero-order valence-corrected chi connectivity index (χ0v) is 10.1. The molecule has 0 amide bonds. The molecule has 0 saturated heterocycles. The Kier molecular flexibility index (Phi) is 2.59. The smallest absolute Gasteiger partial charge is 0.354 e. The number of imidazole rings is 1. The van der Waals surface area contributed by atoms with E-state index >= 15 is 0 Å². The van der Waals surface area contributed by atoms with Crippen LogP contribution in [0.4, 0.5) is 0 Å². The van der Waals surface area contributed by atoms with Crippen LogP contribution in [0, 0.1) is 3.57 Å². The molecule has 1 N–H and O–H groups in total. The first kappa shape index (κ1) is 10.3. The molecule has 78 valence electrons. The van der Waals surface area contributed by atoms with Gasteiger partial charge in [-0.15, -0.1) is 0 Å². The standard InChI is InChI=1S/C9H8IN3O2/c1-2-6-7(8(14)15)13-4-5(10)3-11-9(13)12-6/h3-4H,2H2,1H3,(H,14,15). The topological polar surface area (TPSA) is 67.5 Å². The van der Waals surface area contributed by atoms with Crippen molar-refractivity contribution in [1.29, 1.82) is 0 Å². The summed E-state index contributed by atoms with van der Waals surface area (Å²) < 4.78 is 2.39. The number of aryl methyl sites for hydroxylation is 1. The summed E-state index contributed by atoms with van der Waals surface area (Å²) in [7, 11) is 0. The van der Waals surface area contributed by atoms with E-state index in [4.69, 9.17) is 5.11 Å². The molecule has 2 rings (SSSR count). The summed E-state index contributed by atoms with van der Waals surface area (Å²) in [5, 5.41) is 9.08. The van der Waals surface area contributed by atoms with E-state index < -0.39 is 5.97 Å². The van der Waals surface area contributed by atoms with Gasteiger partial charge >= 0.3 is 5.97 Å². The van der Waals surface area contributed by atoms with E-state index in [0.717, 1.165) is 3.57 Å². The van der Waals surface area contributed by atoms with E-state index in [1.54, 1.807) is 12.4 Å². The average molecular weight is 317 g/mol. The summed E-state index contributed by atoms with van der Waals surface area (Å²) in [5.41, 5.74) is 0.774. The van der Waals surface area contributed by atoms with Gasteiger partial charge in [-0.05, 0) is 29.0 Å². The number of fused-ring (bicyclic) bond motifs is 1. The summed E-state index contributed by atoms with van der Waals surface area (Å²) in [5.74, 6) is -0.534. The van der Waals surface area contributed by atoms with Gasteiger partial charge in [-0.25, -0.2) is 14.8 Å². The Bertz CT molecular complexity index is 535. The number of aromatic carboxylic acids is 1. The number of hydrogen-bond acceptors (Lipinski definition) is 3. The van der Waals surface area contributed by atoms with Crippen molar-refractivity contribution >= 4 is 34.3 Å². The summed E-state index contributed by atoms with van der Waals surface area (Å²) in [6.45, 7) is 1.87. The molecule has 0 saturated carbocycles. The van der Waals surface area contributed by atoms with Crippen molar-refractivity contribution in [2.75, 3.05) is 0 Å². The molecule has 2 aromatic heterocycles. The van der Waals surface area contributed by atoms with Gasteiger partial charge in [0.15, 0.2) is 5.69 Å². The highest BCUT2D eigenvalue weighted by Crippen LogP contribution is 2.13. The normalized spacial score (nSPS) is 10.8. The number of carbonyl (C=O) groups is 1. The average Bonchev–Trinajstić information content (AvgIpc) is 2.55. The molecule has 0 spiro atoms. The molecule has 15 heavy (non-hydrogen) atoms. The number of halogens is 1. The van der Waals surface area contributed by atoms with Gasteiger partial charge in [0, 0.05) is 16.0 Å². The predicted octanol–water partition coefficient (Wildman–Crippen LogP) is 1.59. The lowest BCUT2D eigenvalue weighted by Gasteiger charge is -1.97. The van der Waals surface area contributed by atoms with Crippen molar-refractivity contribution < 1.29 is 9.90 Å². The van der Waals surface area contributed by atoms with E-state index in [2.05, 4.69) is 32.6 Å². The van der Waals surface area contributed by atoms with Gasteiger partial charge in [0.25, 0.3) is 0 Å². The molecule has 0 aliphatic carbocycles. The lowest BCUT2D eigenvalue weighted by molar-refractivity contribution is 0.0688. The Hall–Kier alpha value is -1.18. The molecule has 0 aliphatic rings. The molecule has 0 atom stereocenters. The fourth-order valence-electron chi connectivity index (χ4n) is 1.43. The molecule has 2 heterocycles. The maximum Gasteiger partial charge on any atom is 0.354 e. The second-order valence-electron chi connectivity index (χ2n) is 3.01. The van der Waals surface area contributed by atoms with Crippen LogP contribution in [0.5, 0.6) is 0 Å². The molecule has 0 radical (unpaired) electrons. The fourth-order valence-corrected chi connectivity index (χ4v) is 1.85. The van der Waals surface area contributed by atoms with Gasteiger partial charge in [-0.2, -0.15) is 0 Å². The number of rotatable bonds is 2. The molecule has 0 unspecified atom stereocenters. The molecular formula is C9H8IN3O2. The molecule has 6 heteroatoms. The van der Waals surface area contributed by atoms with E-state index in [0.29, 0.717) is 17.9 Å². The molecule has 0 fully saturated rings. The van der Waals surface area contributed by atoms with Crippen molar-refractivity contribution in [2.45, 2.75) is 13.3 Å². The SMILES string of the molecule is CCc1nc2ncc(I)cn2c1C(=O)O. The van der Waals surface area contributed by atoms with E-state index in [1.807, 2.05) is 6.92 Å². The Morgan fingerprint density at radius 2 is 2.40 bits per heavy atom. The van der Waals surface area contributed by atoms with Gasteiger partial charge in [-0.1, -0.05) is 6.92 Å². The third kappa shape index (κ3) is 1.69. The number of carboxylic acids is 1. The lowest BCUT2D eigenvalue weighted by Crippen LogP contribution is -2.05. The maximum absolute atomic E-state index is 11.1. The first-order valence-corrected chi connectivity index (χ1v) is 5.47. The van der Waals surface area contributed by atoms with E-state index in [-0.39, 0.29) is 5.69 Å². The number of hydrogen-bond donors (Lipinski definition) is 1. The molecule has 0 aromatic carbocycles. The zero-order valence-electron chi connectivity index (χ0n) is 7.94. The monoisotopic (exact) mass is 317 g/mol. The Morgan fingerprint density at radius 1 is 1.67 bits per heavy atom. The van der Waals surface area contributed by atoms with Crippen LogP contribution < -0.4 is 0 Å². The molecule has 5 nitrogen and oxygen atoms in total. The highest BCUT2D eigenvalue weighted by atomic mass is 127. The van der Waals surface area contributed by atoms with Crippen LogP contribution in [0.3, 0.4) is 0 Å². The fraction of sp³-hybridized carbons (Fsp3) is 0.222. The van der Waals surface area contributed by atoms with Crippen molar-refractivity contribution in [2.24, 2.45) is 0 Å². The summed E-state index contributed by atoms with van der Waals surface area (Å²) >= 11 is 2.09. The van der Waals surface area contributed by atoms with Gasteiger partial charge in [0.05, 0.1) is 5.69 Å². The highest BCUT2D eigenvalue weighted by Gasteiger charge is 2.17. The second kappa shape index (κ2) is 3.76. The number of carboxylic acid groups (broad SMARTS) is 1. The molecule has 0 aliphatic heterocycles. The van der Waals surface area contributed by atoms with Crippen molar-refractivity contribution in [3.63, 3.8) is 0 Å². The van der Waals surface area contributed by atoms with Crippen LogP contribution in [-0.2, 0) is 6.42 Å². The third-order valence-electron chi connectivity index (χ3n) is 2.06. The van der Waals surface area contributed by atoms with Gasteiger partial charge in [0.1, 0.15) is 0 Å². The van der Waals surface area contributed by atoms with Gasteiger partial charge in [-0.3, -0.25) is 4.40 Å². The first-order chi connectivity index (χ1) is 7.13. The first-order valence-electron chi connectivity index (χ1n) is 4.39. The van der Waals surface area contributed by atoms with Crippen molar-refractivity contribution in [1.82, 2.24) is 14.4 Å². The zero-order chi connectivity index (χ0) is 11.0. The lowest BCUT2D eigenvalue weighted by atomic mass is 10.2. The molecule has 0 bridgehead atoms. The number of aromatic nitrogens is 3. The van der Waals surface area contributed by atoms with Crippen LogP contribution in [0.1, 0.15) is 23.1 Å². The van der Waals surface area contributed by atoms with E-state index in [1.165, 1.54) is 4.40 Å². The quantitative estimate of drug-likeness (QED) is 0.854. The minimum atomic E-state index is -0.969. The molecule has 2 aromatic rings. The minimum absolute atomic E-state index is 0.207. The van der Waals surface area contributed by atoms with Crippen LogP contribution in [0.2, 0.25) is 0 Å². The minimum Gasteiger partial charge on any atom is -0.477 e. The summed E-state index contributed by atoms with van der Waals surface area (Å²) in [6, 6.07) is 0. The van der Waals surface area contributed by atoms with Crippen molar-refractivity contribution in [3.05, 3.63) is 27.4 Å². The van der Waals surface area contributed by atoms with Crippen LogP contribution >= 0.6 is 22.6 Å². The Morgan fingerprint density at radius 3 is 3.00 bits per heavy atom. The van der Waals surface area contributed by atoms with E-state index in [9.17, 15) is 4.79 Å². The van der Waals surface area contributed by atoms with Crippen molar-refractivity contribution in [3.8, 4) is 0 Å². The predicted molar refractivity (Wildman–Crippen MR) is 62.0 cm³/mol. The third-order valence-corrected chi connectivity index (χ3v) is 2.61. The number of nitrogens with zero attached hydrogens (tertiary/aromatic N) is 3. The van der Waals surface area contributed by atoms with Gasteiger partial charge < -0.3 is 5.11 Å². The van der Waals surface area contributed by atoms with Crippen LogP contribution in [0.15, 0.2) is 12.4 Å². The second-order valence-corrected chi connectivity index (χ2v) is 4.25. The van der Waals surface area contributed by atoms with Crippen LogP contribution in [-0.4, -0.2) is 25.4 Å². The summed E-state index contributed by atoms with van der Waals surface area (Å²) in [6.07, 6.45) is 3.97. The van der Waals surface area contributed by atoms with Crippen LogP contribution in [0.25, 0.3) is 5.78 Å². The summed E-state index contributed by atoms with van der Waals surface area (Å²) in [4.78, 5) is 19.3. The largest absolute Gasteiger partial charge is 0.477 e. The Labute approximate surface area is 99.3 Å². The molecular weight excluding hydrogens is 309 g/mol. The van der Waals surface area contributed by atoms with Gasteiger partial charge in [0.2, 0.25) is 5.78 Å². The highest BCUT2D eigenvalue weighted by molar-refractivity contribution is 14.1. The Balaban J connectivity index is 2.82. The maximum atomic E-state index is 11.1.